The molecule has 1 heterocycles. The molecule has 1 fully saturated rings. The van der Waals surface area contributed by atoms with Crippen molar-refractivity contribution in [1.29, 1.82) is 0 Å². The summed E-state index contributed by atoms with van der Waals surface area (Å²) in [6, 6.07) is 16.0. The van der Waals surface area contributed by atoms with E-state index in [-0.39, 0.29) is 23.7 Å². The Morgan fingerprint density at radius 2 is 1.62 bits per heavy atom. The molecule has 2 N–H and O–H groups in total. The summed E-state index contributed by atoms with van der Waals surface area (Å²) >= 11 is 0. The van der Waals surface area contributed by atoms with E-state index in [2.05, 4.69) is 15.5 Å². The average Bonchev–Trinajstić information content (AvgIpc) is 2.74. The van der Waals surface area contributed by atoms with Crippen LogP contribution in [0.3, 0.4) is 0 Å². The van der Waals surface area contributed by atoms with Crippen molar-refractivity contribution in [1.82, 2.24) is 10.2 Å². The molecule has 0 aliphatic carbocycles. The quantitative estimate of drug-likeness (QED) is 0.718. The van der Waals surface area contributed by atoms with Crippen LogP contribution in [0.4, 0.5) is 10.1 Å². The van der Waals surface area contributed by atoms with Crippen LogP contribution in [0.15, 0.2) is 54.6 Å². The van der Waals surface area contributed by atoms with Crippen molar-refractivity contribution in [2.45, 2.75) is 38.1 Å². The van der Waals surface area contributed by atoms with Crippen LogP contribution in [0, 0.1) is 5.82 Å². The largest absolute Gasteiger partial charge is 0.353 e. The standard InChI is InChI=1S/C23H28FN3O2/c24-19-7-9-20(10-8-19)25-23(29)14-17-27-15-12-21(13-16-27)26-22(28)11-6-18-4-2-1-3-5-18/h1-5,7-10,21H,6,11-17H2,(H,25,29)(H,26,28). The molecule has 0 aromatic heterocycles. The summed E-state index contributed by atoms with van der Waals surface area (Å²) < 4.78 is 12.9. The summed E-state index contributed by atoms with van der Waals surface area (Å²) in [5.41, 5.74) is 1.78. The summed E-state index contributed by atoms with van der Waals surface area (Å²) in [6.07, 6.45) is 3.46. The predicted molar refractivity (Wildman–Crippen MR) is 112 cm³/mol. The van der Waals surface area contributed by atoms with E-state index in [4.69, 9.17) is 0 Å². The molecule has 6 heteroatoms. The van der Waals surface area contributed by atoms with Crippen LogP contribution in [0.1, 0.15) is 31.2 Å². The number of aryl methyl sites for hydroxylation is 1. The van der Waals surface area contributed by atoms with Crippen molar-refractivity contribution in [3.05, 3.63) is 66.0 Å². The Balaban J connectivity index is 1.30. The SMILES string of the molecule is O=C(CCN1CCC(NC(=O)CCc2ccccc2)CC1)Nc1ccc(F)cc1. The Hall–Kier alpha value is -2.73. The summed E-state index contributed by atoms with van der Waals surface area (Å²) in [5, 5.41) is 5.92. The van der Waals surface area contributed by atoms with Gasteiger partial charge >= 0.3 is 0 Å². The number of nitrogens with one attached hydrogen (secondary N) is 2. The topological polar surface area (TPSA) is 61.4 Å². The maximum Gasteiger partial charge on any atom is 0.225 e. The fourth-order valence-corrected chi connectivity index (χ4v) is 3.52. The maximum atomic E-state index is 12.9. The minimum atomic E-state index is -0.321. The lowest BCUT2D eigenvalue weighted by Crippen LogP contribution is -2.45. The second-order valence-electron chi connectivity index (χ2n) is 7.47. The number of carbonyl (C=O) groups is 2. The summed E-state index contributed by atoms with van der Waals surface area (Å²) in [5.74, 6) is -0.294. The number of carbonyl (C=O) groups excluding carboxylic acids is 2. The average molecular weight is 397 g/mol. The van der Waals surface area contributed by atoms with E-state index in [9.17, 15) is 14.0 Å². The van der Waals surface area contributed by atoms with E-state index in [1.807, 2.05) is 30.3 Å². The fourth-order valence-electron chi connectivity index (χ4n) is 3.52. The van der Waals surface area contributed by atoms with Gasteiger partial charge in [-0.25, -0.2) is 4.39 Å². The zero-order valence-corrected chi connectivity index (χ0v) is 16.6. The van der Waals surface area contributed by atoms with Crippen LogP contribution < -0.4 is 10.6 Å². The van der Waals surface area contributed by atoms with Gasteiger partial charge in [0.05, 0.1) is 0 Å². The molecule has 0 bridgehead atoms. The first-order valence-electron chi connectivity index (χ1n) is 10.2. The molecule has 0 spiro atoms. The second-order valence-corrected chi connectivity index (χ2v) is 7.47. The number of likely N-dealkylation sites (tertiary alicyclic amines) is 1. The molecular formula is C23H28FN3O2. The van der Waals surface area contributed by atoms with Crippen molar-refractivity contribution in [2.75, 3.05) is 25.0 Å². The molecule has 2 amide bonds. The van der Waals surface area contributed by atoms with E-state index in [1.165, 1.54) is 17.7 Å². The molecule has 0 saturated carbocycles. The summed E-state index contributed by atoms with van der Waals surface area (Å²) in [7, 11) is 0. The van der Waals surface area contributed by atoms with Crippen LogP contribution in [0.2, 0.25) is 0 Å². The Bertz CT molecular complexity index is 788. The van der Waals surface area contributed by atoms with Gasteiger partial charge in [0.1, 0.15) is 5.82 Å². The van der Waals surface area contributed by atoms with Crippen molar-refractivity contribution >= 4 is 17.5 Å². The van der Waals surface area contributed by atoms with E-state index >= 15 is 0 Å². The molecule has 1 saturated heterocycles. The van der Waals surface area contributed by atoms with Gasteiger partial charge in [0.25, 0.3) is 0 Å². The number of hydrogen-bond acceptors (Lipinski definition) is 3. The van der Waals surface area contributed by atoms with Crippen molar-refractivity contribution < 1.29 is 14.0 Å². The Kier molecular flexibility index (Phi) is 7.76. The highest BCUT2D eigenvalue weighted by Crippen LogP contribution is 2.13. The second kappa shape index (κ2) is 10.7. The highest BCUT2D eigenvalue weighted by atomic mass is 19.1. The van der Waals surface area contributed by atoms with Crippen LogP contribution >= 0.6 is 0 Å². The molecule has 0 unspecified atom stereocenters. The molecule has 1 aliphatic rings. The molecule has 2 aromatic rings. The molecular weight excluding hydrogens is 369 g/mol. The van der Waals surface area contributed by atoms with E-state index in [0.717, 1.165) is 32.4 Å². The van der Waals surface area contributed by atoms with Crippen LogP contribution in [0.5, 0.6) is 0 Å². The lowest BCUT2D eigenvalue weighted by Gasteiger charge is -2.32. The monoisotopic (exact) mass is 397 g/mol. The number of anilines is 1. The third kappa shape index (κ3) is 7.31. The number of nitrogens with zero attached hydrogens (tertiary/aromatic N) is 1. The minimum Gasteiger partial charge on any atom is -0.353 e. The lowest BCUT2D eigenvalue weighted by molar-refractivity contribution is -0.122. The molecule has 0 radical (unpaired) electrons. The summed E-state index contributed by atoms with van der Waals surface area (Å²) in [6.45, 7) is 2.42. The van der Waals surface area contributed by atoms with E-state index in [0.29, 0.717) is 25.1 Å². The van der Waals surface area contributed by atoms with Crippen molar-refractivity contribution in [3.8, 4) is 0 Å². The van der Waals surface area contributed by atoms with Gasteiger partial charge in [-0.2, -0.15) is 0 Å². The van der Waals surface area contributed by atoms with Gasteiger partial charge in [-0.3, -0.25) is 9.59 Å². The molecule has 154 valence electrons. The molecule has 5 nitrogen and oxygen atoms in total. The number of piperidine rings is 1. The summed E-state index contributed by atoms with van der Waals surface area (Å²) in [4.78, 5) is 26.5. The van der Waals surface area contributed by atoms with Gasteiger partial charge in [0, 0.05) is 44.2 Å². The molecule has 1 aliphatic heterocycles. The smallest absolute Gasteiger partial charge is 0.225 e. The first-order chi connectivity index (χ1) is 14.1. The first-order valence-corrected chi connectivity index (χ1v) is 10.2. The Morgan fingerprint density at radius 1 is 0.931 bits per heavy atom. The zero-order valence-electron chi connectivity index (χ0n) is 16.6. The van der Waals surface area contributed by atoms with E-state index in [1.54, 1.807) is 12.1 Å². The van der Waals surface area contributed by atoms with Gasteiger partial charge in [0.2, 0.25) is 11.8 Å². The Morgan fingerprint density at radius 3 is 2.31 bits per heavy atom. The van der Waals surface area contributed by atoms with Gasteiger partial charge in [-0.05, 0) is 49.1 Å². The van der Waals surface area contributed by atoms with Crippen molar-refractivity contribution in [3.63, 3.8) is 0 Å². The first kappa shape index (κ1) is 21.0. The van der Waals surface area contributed by atoms with Crippen LogP contribution in [-0.2, 0) is 16.0 Å². The molecule has 3 rings (SSSR count). The molecule has 2 aromatic carbocycles. The zero-order chi connectivity index (χ0) is 20.5. The lowest BCUT2D eigenvalue weighted by atomic mass is 10.0. The number of halogens is 1. The number of amides is 2. The maximum absolute atomic E-state index is 12.9. The highest BCUT2D eigenvalue weighted by Gasteiger charge is 2.21. The van der Waals surface area contributed by atoms with Gasteiger partial charge in [-0.1, -0.05) is 30.3 Å². The van der Waals surface area contributed by atoms with Gasteiger partial charge in [0.15, 0.2) is 0 Å². The van der Waals surface area contributed by atoms with Gasteiger partial charge < -0.3 is 15.5 Å². The van der Waals surface area contributed by atoms with Gasteiger partial charge in [-0.15, -0.1) is 0 Å². The fraction of sp³-hybridized carbons (Fsp3) is 0.391. The predicted octanol–water partition coefficient (Wildman–Crippen LogP) is 3.37. The highest BCUT2D eigenvalue weighted by molar-refractivity contribution is 5.90. The van der Waals surface area contributed by atoms with Crippen molar-refractivity contribution in [2.24, 2.45) is 0 Å². The molecule has 0 atom stereocenters. The number of benzene rings is 2. The number of rotatable bonds is 8. The normalized spacial score (nSPS) is 15.1. The number of hydrogen-bond donors (Lipinski definition) is 2. The van der Waals surface area contributed by atoms with Crippen LogP contribution in [0.25, 0.3) is 0 Å². The molecule has 29 heavy (non-hydrogen) atoms. The Labute approximate surface area is 171 Å². The van der Waals surface area contributed by atoms with Crippen LogP contribution in [-0.4, -0.2) is 42.4 Å². The third-order valence-corrected chi connectivity index (χ3v) is 5.22. The third-order valence-electron chi connectivity index (χ3n) is 5.22. The van der Waals surface area contributed by atoms with E-state index < -0.39 is 0 Å². The minimum absolute atomic E-state index is 0.0760.